The van der Waals surface area contributed by atoms with Crippen LogP contribution in [0.1, 0.15) is 37.8 Å². The number of hydrogen-bond acceptors (Lipinski definition) is 1. The monoisotopic (exact) mass is 190 g/mol. The molecule has 0 aromatic heterocycles. The zero-order valence-corrected chi connectivity index (χ0v) is 9.05. The Hall–Kier alpha value is -0.820. The largest absolute Gasteiger partial charge is 0.370 e. The molecule has 1 aromatic carbocycles. The minimum atomic E-state index is 0.106. The molecule has 14 heavy (non-hydrogen) atoms. The molecule has 1 aliphatic rings. The molecule has 0 spiro atoms. The molecule has 0 bridgehead atoms. The molecule has 1 nitrogen and oxygen atoms in total. The lowest BCUT2D eigenvalue weighted by atomic mass is 9.85. The van der Waals surface area contributed by atoms with E-state index in [1.165, 1.54) is 11.1 Å². The Morgan fingerprint density at radius 1 is 1.14 bits per heavy atom. The number of hydrogen-bond donors (Lipinski definition) is 0. The first-order valence-electron chi connectivity index (χ1n) is 5.50. The third-order valence-corrected chi connectivity index (χ3v) is 3.45. The highest BCUT2D eigenvalue weighted by Gasteiger charge is 2.31. The lowest BCUT2D eigenvalue weighted by molar-refractivity contribution is -0.0725. The smallest absolute Gasteiger partial charge is 0.0727 e. The van der Waals surface area contributed by atoms with E-state index in [1.807, 2.05) is 0 Å². The van der Waals surface area contributed by atoms with Gasteiger partial charge in [0, 0.05) is 6.42 Å². The molecule has 2 rings (SSSR count). The number of ether oxygens (including phenoxy) is 1. The molecule has 0 N–H and O–H groups in total. The summed E-state index contributed by atoms with van der Waals surface area (Å²) in [5.41, 5.74) is 2.95. The first-order chi connectivity index (χ1) is 6.79. The topological polar surface area (TPSA) is 9.23 Å². The molecule has 0 atom stereocenters. The second-order valence-corrected chi connectivity index (χ2v) is 4.12. The lowest BCUT2D eigenvalue weighted by Crippen LogP contribution is -2.37. The molecule has 0 amide bonds. The summed E-state index contributed by atoms with van der Waals surface area (Å²) in [6, 6.07) is 8.62. The van der Waals surface area contributed by atoms with Crippen molar-refractivity contribution in [2.75, 3.05) is 0 Å². The predicted octanol–water partition coefficient (Wildman–Crippen LogP) is 3.32. The molecule has 0 saturated heterocycles. The first kappa shape index (κ1) is 9.72. The van der Waals surface area contributed by atoms with Crippen molar-refractivity contribution >= 4 is 0 Å². The van der Waals surface area contributed by atoms with Crippen LogP contribution >= 0.6 is 0 Å². The zero-order valence-electron chi connectivity index (χ0n) is 9.05. The molecule has 0 aliphatic carbocycles. The van der Waals surface area contributed by atoms with Crippen LogP contribution in [-0.2, 0) is 17.8 Å². The van der Waals surface area contributed by atoms with Gasteiger partial charge in [0.1, 0.15) is 0 Å². The van der Waals surface area contributed by atoms with Crippen molar-refractivity contribution < 1.29 is 4.74 Å². The Labute approximate surface area is 86.1 Å². The molecule has 0 saturated carbocycles. The molecule has 1 aromatic rings. The van der Waals surface area contributed by atoms with Crippen molar-refractivity contribution in [1.82, 2.24) is 0 Å². The van der Waals surface area contributed by atoms with Gasteiger partial charge in [-0.25, -0.2) is 0 Å². The second kappa shape index (κ2) is 3.74. The van der Waals surface area contributed by atoms with Gasteiger partial charge >= 0.3 is 0 Å². The van der Waals surface area contributed by atoms with Gasteiger partial charge in [-0.1, -0.05) is 38.1 Å². The average Bonchev–Trinajstić information content (AvgIpc) is 2.28. The van der Waals surface area contributed by atoms with Crippen LogP contribution in [0.4, 0.5) is 0 Å². The molecule has 1 heterocycles. The van der Waals surface area contributed by atoms with Gasteiger partial charge in [0.15, 0.2) is 0 Å². The highest BCUT2D eigenvalue weighted by atomic mass is 16.5. The summed E-state index contributed by atoms with van der Waals surface area (Å²) < 4.78 is 5.99. The van der Waals surface area contributed by atoms with Crippen LogP contribution in [-0.4, -0.2) is 5.60 Å². The Morgan fingerprint density at radius 3 is 2.43 bits per heavy atom. The normalized spacial score (nSPS) is 19.0. The van der Waals surface area contributed by atoms with Gasteiger partial charge in [-0.3, -0.25) is 0 Å². The third kappa shape index (κ3) is 1.57. The summed E-state index contributed by atoms with van der Waals surface area (Å²) in [5, 5.41) is 0. The lowest BCUT2D eigenvalue weighted by Gasteiger charge is -2.37. The van der Waals surface area contributed by atoms with Crippen LogP contribution in [0.5, 0.6) is 0 Å². The molecular weight excluding hydrogens is 172 g/mol. The molecule has 1 heteroatoms. The highest BCUT2D eigenvalue weighted by Crippen LogP contribution is 2.32. The van der Waals surface area contributed by atoms with E-state index in [4.69, 9.17) is 4.74 Å². The summed E-state index contributed by atoms with van der Waals surface area (Å²) in [5.74, 6) is 0. The minimum Gasteiger partial charge on any atom is -0.370 e. The van der Waals surface area contributed by atoms with Crippen LogP contribution in [0.25, 0.3) is 0 Å². The molecule has 1 aliphatic heterocycles. The van der Waals surface area contributed by atoms with Gasteiger partial charge in [0.2, 0.25) is 0 Å². The molecular formula is C13H18O. The average molecular weight is 190 g/mol. The fourth-order valence-corrected chi connectivity index (χ4v) is 2.20. The molecule has 76 valence electrons. The maximum absolute atomic E-state index is 5.99. The van der Waals surface area contributed by atoms with Crippen molar-refractivity contribution in [2.45, 2.75) is 45.3 Å². The van der Waals surface area contributed by atoms with Crippen molar-refractivity contribution in [2.24, 2.45) is 0 Å². The van der Waals surface area contributed by atoms with Crippen LogP contribution in [0.15, 0.2) is 24.3 Å². The zero-order chi connectivity index (χ0) is 10.0. The fraction of sp³-hybridized carbons (Fsp3) is 0.538. The SMILES string of the molecule is CCC1(CC)Cc2ccccc2CO1. The van der Waals surface area contributed by atoms with Crippen molar-refractivity contribution in [3.63, 3.8) is 0 Å². The third-order valence-electron chi connectivity index (χ3n) is 3.45. The van der Waals surface area contributed by atoms with Gasteiger partial charge < -0.3 is 4.74 Å². The van der Waals surface area contributed by atoms with E-state index in [0.29, 0.717) is 0 Å². The Kier molecular flexibility index (Phi) is 2.60. The van der Waals surface area contributed by atoms with E-state index in [9.17, 15) is 0 Å². The van der Waals surface area contributed by atoms with Gasteiger partial charge in [-0.05, 0) is 24.0 Å². The van der Waals surface area contributed by atoms with Crippen LogP contribution in [0.3, 0.4) is 0 Å². The maximum atomic E-state index is 5.99. The number of rotatable bonds is 2. The Balaban J connectivity index is 2.28. The Bertz CT molecular complexity index is 313. The minimum absolute atomic E-state index is 0.106. The highest BCUT2D eigenvalue weighted by molar-refractivity contribution is 5.29. The van der Waals surface area contributed by atoms with E-state index in [2.05, 4.69) is 38.1 Å². The standard InChI is InChI=1S/C13H18O/c1-3-13(4-2)9-11-7-5-6-8-12(11)10-14-13/h5-8H,3-4,9-10H2,1-2H3. The first-order valence-corrected chi connectivity index (χ1v) is 5.50. The van der Waals surface area contributed by atoms with E-state index >= 15 is 0 Å². The van der Waals surface area contributed by atoms with Gasteiger partial charge in [0.25, 0.3) is 0 Å². The van der Waals surface area contributed by atoms with Crippen LogP contribution in [0.2, 0.25) is 0 Å². The van der Waals surface area contributed by atoms with E-state index in [-0.39, 0.29) is 5.60 Å². The van der Waals surface area contributed by atoms with E-state index in [0.717, 1.165) is 25.9 Å². The van der Waals surface area contributed by atoms with Gasteiger partial charge in [0.05, 0.1) is 12.2 Å². The van der Waals surface area contributed by atoms with Crippen molar-refractivity contribution in [3.05, 3.63) is 35.4 Å². The second-order valence-electron chi connectivity index (χ2n) is 4.12. The van der Waals surface area contributed by atoms with Crippen molar-refractivity contribution in [1.29, 1.82) is 0 Å². The summed E-state index contributed by atoms with van der Waals surface area (Å²) in [6.07, 6.45) is 3.30. The molecule has 0 fully saturated rings. The van der Waals surface area contributed by atoms with Gasteiger partial charge in [-0.2, -0.15) is 0 Å². The van der Waals surface area contributed by atoms with E-state index in [1.54, 1.807) is 0 Å². The predicted molar refractivity (Wildman–Crippen MR) is 58.2 cm³/mol. The molecule has 0 radical (unpaired) electrons. The fourth-order valence-electron chi connectivity index (χ4n) is 2.20. The maximum Gasteiger partial charge on any atom is 0.0727 e. The summed E-state index contributed by atoms with van der Waals surface area (Å²) >= 11 is 0. The number of fused-ring (bicyclic) bond motifs is 1. The van der Waals surface area contributed by atoms with Crippen LogP contribution < -0.4 is 0 Å². The van der Waals surface area contributed by atoms with E-state index < -0.39 is 0 Å². The summed E-state index contributed by atoms with van der Waals surface area (Å²) in [7, 11) is 0. The summed E-state index contributed by atoms with van der Waals surface area (Å²) in [4.78, 5) is 0. The molecule has 0 unspecified atom stereocenters. The Morgan fingerprint density at radius 2 is 1.79 bits per heavy atom. The quantitative estimate of drug-likeness (QED) is 0.695. The number of benzene rings is 1. The van der Waals surface area contributed by atoms with Gasteiger partial charge in [-0.15, -0.1) is 0 Å². The van der Waals surface area contributed by atoms with Crippen molar-refractivity contribution in [3.8, 4) is 0 Å². The van der Waals surface area contributed by atoms with Crippen LogP contribution in [0, 0.1) is 0 Å². The summed E-state index contributed by atoms with van der Waals surface area (Å²) in [6.45, 7) is 5.23.